The Morgan fingerprint density at radius 3 is 2.83 bits per heavy atom. The van der Waals surface area contributed by atoms with Gasteiger partial charge in [0.1, 0.15) is 12.4 Å². The first-order chi connectivity index (χ1) is 8.58. The second-order valence-electron chi connectivity index (χ2n) is 3.84. The van der Waals surface area contributed by atoms with Crippen molar-refractivity contribution in [3.05, 3.63) is 49.6 Å². The van der Waals surface area contributed by atoms with E-state index < -0.39 is 6.10 Å². The maximum atomic E-state index is 9.70. The van der Waals surface area contributed by atoms with Crippen molar-refractivity contribution in [2.75, 3.05) is 0 Å². The van der Waals surface area contributed by atoms with Crippen LogP contribution in [0.15, 0.2) is 34.1 Å². The van der Waals surface area contributed by atoms with Crippen molar-refractivity contribution in [2.24, 2.45) is 0 Å². The monoisotopic (exact) mass is 346 g/mol. The maximum absolute atomic E-state index is 9.70. The summed E-state index contributed by atoms with van der Waals surface area (Å²) in [7, 11) is 0. The molecule has 0 spiro atoms. The Labute approximate surface area is 123 Å². The summed E-state index contributed by atoms with van der Waals surface area (Å²) in [5.41, 5.74) is 0.704. The highest BCUT2D eigenvalue weighted by molar-refractivity contribution is 9.10. The minimum absolute atomic E-state index is 0.472. The molecule has 0 unspecified atom stereocenters. The van der Waals surface area contributed by atoms with Gasteiger partial charge in [0.25, 0.3) is 0 Å². The molecule has 96 valence electrons. The van der Waals surface area contributed by atoms with E-state index in [1.807, 2.05) is 11.4 Å². The Hall–Kier alpha value is -0.550. The molecule has 0 fully saturated rings. The molecule has 1 aromatic carbocycles. The fourth-order valence-electron chi connectivity index (χ4n) is 1.55. The molecule has 0 aliphatic rings. The number of hydrogen-bond acceptors (Lipinski definition) is 3. The highest BCUT2D eigenvalue weighted by atomic mass is 79.9. The predicted molar refractivity (Wildman–Crippen MR) is 78.4 cm³/mol. The van der Waals surface area contributed by atoms with Crippen molar-refractivity contribution in [1.29, 1.82) is 0 Å². The molecule has 2 nitrogen and oxygen atoms in total. The molecule has 2 aromatic rings. The molecule has 1 heterocycles. The van der Waals surface area contributed by atoms with E-state index >= 15 is 0 Å². The van der Waals surface area contributed by atoms with E-state index in [1.165, 1.54) is 0 Å². The molecule has 1 N–H and O–H groups in total. The number of halogens is 2. The second kappa shape index (κ2) is 6.06. The van der Waals surface area contributed by atoms with Crippen LogP contribution in [0.3, 0.4) is 0 Å². The smallest absolute Gasteiger partial charge is 0.125 e. The summed E-state index contributed by atoms with van der Waals surface area (Å²) in [5, 5.41) is 12.3. The van der Waals surface area contributed by atoms with E-state index in [9.17, 15) is 5.11 Å². The van der Waals surface area contributed by atoms with Crippen LogP contribution in [-0.2, 0) is 6.61 Å². The predicted octanol–water partition coefficient (Wildman–Crippen LogP) is 4.80. The summed E-state index contributed by atoms with van der Waals surface area (Å²) in [6, 6.07) is 7.25. The van der Waals surface area contributed by atoms with Crippen LogP contribution in [0.1, 0.15) is 23.5 Å². The third kappa shape index (κ3) is 3.26. The lowest BCUT2D eigenvalue weighted by Gasteiger charge is -2.13. The molecule has 0 radical (unpaired) electrons. The van der Waals surface area contributed by atoms with Crippen molar-refractivity contribution in [2.45, 2.75) is 19.6 Å². The highest BCUT2D eigenvalue weighted by Crippen LogP contribution is 2.30. The summed E-state index contributed by atoms with van der Waals surface area (Å²) >= 11 is 11.0. The van der Waals surface area contributed by atoms with Gasteiger partial charge >= 0.3 is 0 Å². The molecule has 1 aromatic heterocycles. The fourth-order valence-corrected chi connectivity index (χ4v) is 3.11. The van der Waals surface area contributed by atoms with E-state index in [0.29, 0.717) is 22.9 Å². The van der Waals surface area contributed by atoms with Gasteiger partial charge in [0.05, 0.1) is 11.0 Å². The summed E-state index contributed by atoms with van der Waals surface area (Å²) in [4.78, 5) is 1.11. The molecule has 0 saturated heterocycles. The second-order valence-corrected chi connectivity index (χ2v) is 6.13. The van der Waals surface area contributed by atoms with Crippen LogP contribution in [0.25, 0.3) is 0 Å². The van der Waals surface area contributed by atoms with Gasteiger partial charge in [0.2, 0.25) is 0 Å². The Morgan fingerprint density at radius 2 is 2.22 bits per heavy atom. The summed E-state index contributed by atoms with van der Waals surface area (Å²) in [6.07, 6.45) is -0.606. The van der Waals surface area contributed by atoms with Crippen LogP contribution in [0, 0.1) is 0 Å². The summed E-state index contributed by atoms with van der Waals surface area (Å²) < 4.78 is 6.78. The minimum atomic E-state index is -0.606. The third-order valence-corrected chi connectivity index (χ3v) is 4.61. The van der Waals surface area contributed by atoms with Gasteiger partial charge in [-0.15, -0.1) is 11.3 Å². The van der Waals surface area contributed by atoms with E-state index in [0.717, 1.165) is 9.35 Å². The number of ether oxygens (including phenoxy) is 1. The quantitative estimate of drug-likeness (QED) is 0.861. The Balaban J connectivity index is 2.16. The lowest BCUT2D eigenvalue weighted by atomic mass is 10.1. The maximum Gasteiger partial charge on any atom is 0.125 e. The first-order valence-corrected chi connectivity index (χ1v) is 7.45. The van der Waals surface area contributed by atoms with Crippen LogP contribution in [0.2, 0.25) is 5.02 Å². The zero-order valence-corrected chi connectivity index (χ0v) is 12.8. The normalized spacial score (nSPS) is 12.4. The molecule has 2 rings (SSSR count). The van der Waals surface area contributed by atoms with Crippen LogP contribution < -0.4 is 4.74 Å². The van der Waals surface area contributed by atoms with Crippen molar-refractivity contribution in [1.82, 2.24) is 0 Å². The van der Waals surface area contributed by atoms with Gasteiger partial charge in [-0.05, 0) is 52.5 Å². The lowest BCUT2D eigenvalue weighted by molar-refractivity contribution is 0.190. The molecule has 0 aliphatic carbocycles. The molecule has 0 saturated carbocycles. The number of benzene rings is 1. The molecule has 0 aliphatic heterocycles. The average molecular weight is 348 g/mol. The Kier molecular flexibility index (Phi) is 4.67. The van der Waals surface area contributed by atoms with Crippen LogP contribution in [0.5, 0.6) is 5.75 Å². The van der Waals surface area contributed by atoms with Crippen LogP contribution in [0.4, 0.5) is 0 Å². The molecule has 0 amide bonds. The molecule has 0 bridgehead atoms. The van der Waals surface area contributed by atoms with Crippen molar-refractivity contribution < 1.29 is 9.84 Å². The van der Waals surface area contributed by atoms with E-state index in [-0.39, 0.29) is 0 Å². The zero-order chi connectivity index (χ0) is 13.1. The Morgan fingerprint density at radius 1 is 1.44 bits per heavy atom. The first kappa shape index (κ1) is 13.9. The molecule has 18 heavy (non-hydrogen) atoms. The van der Waals surface area contributed by atoms with Gasteiger partial charge in [-0.25, -0.2) is 0 Å². The van der Waals surface area contributed by atoms with Gasteiger partial charge in [-0.2, -0.15) is 0 Å². The molecule has 1 atom stereocenters. The standard InChI is InChI=1S/C13H12BrClO2S/c1-8(16)10-6-9(15)2-3-12(10)17-7-13-11(14)4-5-18-13/h2-6,8,16H,7H2,1H3/t8-/m1/s1. The van der Waals surface area contributed by atoms with Gasteiger partial charge in [-0.3, -0.25) is 0 Å². The highest BCUT2D eigenvalue weighted by Gasteiger charge is 2.11. The van der Waals surface area contributed by atoms with Crippen molar-refractivity contribution >= 4 is 38.9 Å². The molecule has 5 heteroatoms. The van der Waals surface area contributed by atoms with E-state index in [4.69, 9.17) is 16.3 Å². The minimum Gasteiger partial charge on any atom is -0.488 e. The lowest BCUT2D eigenvalue weighted by Crippen LogP contribution is -2.00. The van der Waals surface area contributed by atoms with E-state index in [1.54, 1.807) is 36.5 Å². The summed E-state index contributed by atoms with van der Waals surface area (Å²) in [6.45, 7) is 2.17. The van der Waals surface area contributed by atoms with Crippen molar-refractivity contribution in [3.8, 4) is 5.75 Å². The van der Waals surface area contributed by atoms with Gasteiger partial charge in [0.15, 0.2) is 0 Å². The first-order valence-electron chi connectivity index (χ1n) is 5.40. The number of hydrogen-bond donors (Lipinski definition) is 1. The summed E-state index contributed by atoms with van der Waals surface area (Å²) in [5.74, 6) is 0.662. The molecular weight excluding hydrogens is 336 g/mol. The van der Waals surface area contributed by atoms with E-state index in [2.05, 4.69) is 15.9 Å². The van der Waals surface area contributed by atoms with Gasteiger partial charge in [0, 0.05) is 15.1 Å². The van der Waals surface area contributed by atoms with Crippen LogP contribution >= 0.6 is 38.9 Å². The van der Waals surface area contributed by atoms with Crippen molar-refractivity contribution in [3.63, 3.8) is 0 Å². The fraction of sp³-hybridized carbons (Fsp3) is 0.231. The third-order valence-electron chi connectivity index (χ3n) is 2.47. The van der Waals surface area contributed by atoms with Gasteiger partial charge < -0.3 is 9.84 Å². The SMILES string of the molecule is C[C@@H](O)c1cc(Cl)ccc1OCc1sccc1Br. The zero-order valence-electron chi connectivity index (χ0n) is 9.69. The number of thiophene rings is 1. The Bertz CT molecular complexity index is 540. The van der Waals surface area contributed by atoms with Gasteiger partial charge in [-0.1, -0.05) is 11.6 Å². The molecular formula is C13H12BrClO2S. The number of aliphatic hydroxyl groups excluding tert-OH is 1. The average Bonchev–Trinajstić information content (AvgIpc) is 2.73. The largest absolute Gasteiger partial charge is 0.488 e. The van der Waals surface area contributed by atoms with Crippen LogP contribution in [-0.4, -0.2) is 5.11 Å². The number of rotatable bonds is 4. The topological polar surface area (TPSA) is 29.5 Å². The number of aliphatic hydroxyl groups is 1.